The monoisotopic (exact) mass is 444 g/mol. The Morgan fingerprint density at radius 3 is 2.40 bits per heavy atom. The highest BCUT2D eigenvalue weighted by Gasteiger charge is 2.32. The zero-order valence-corrected chi connectivity index (χ0v) is 17.2. The largest absolute Gasteiger partial charge is 0.497 e. The first kappa shape index (κ1) is 22.5. The highest BCUT2D eigenvalue weighted by atomic mass is 32.2. The van der Waals surface area contributed by atoms with Gasteiger partial charge in [-0.3, -0.25) is 4.90 Å². The average molecular weight is 444 g/mol. The lowest BCUT2D eigenvalue weighted by Gasteiger charge is -2.35. The standard InChI is InChI=1S/C20H23F3N2O4S/c1-28-17-7-5-15(6-8-17)19(25-9-11-29-12-10-25)14-24-30(26,27)18-4-2-3-16(13-18)20(21,22)23/h2-8,13,19,24H,9-12,14H2,1H3. The van der Waals surface area contributed by atoms with E-state index in [9.17, 15) is 21.6 Å². The lowest BCUT2D eigenvalue weighted by atomic mass is 10.0. The molecule has 0 bridgehead atoms. The van der Waals surface area contributed by atoms with Crippen molar-refractivity contribution in [1.29, 1.82) is 0 Å². The maximum atomic E-state index is 13.0. The van der Waals surface area contributed by atoms with E-state index in [1.54, 1.807) is 19.2 Å². The second-order valence-corrected chi connectivity index (χ2v) is 8.58. The van der Waals surface area contributed by atoms with E-state index in [1.165, 1.54) is 0 Å². The fourth-order valence-electron chi connectivity index (χ4n) is 3.28. The third kappa shape index (κ3) is 5.51. The van der Waals surface area contributed by atoms with Crippen LogP contribution in [0.5, 0.6) is 5.75 Å². The minimum Gasteiger partial charge on any atom is -0.497 e. The van der Waals surface area contributed by atoms with Gasteiger partial charge in [-0.25, -0.2) is 13.1 Å². The number of morpholine rings is 1. The summed E-state index contributed by atoms with van der Waals surface area (Å²) in [5.41, 5.74) is -0.144. The molecular formula is C20H23F3N2O4S. The molecule has 10 heteroatoms. The van der Waals surface area contributed by atoms with Gasteiger partial charge in [0.05, 0.1) is 30.8 Å². The summed E-state index contributed by atoms with van der Waals surface area (Å²) < 4.78 is 77.2. The van der Waals surface area contributed by atoms with Crippen LogP contribution >= 0.6 is 0 Å². The molecule has 0 amide bonds. The van der Waals surface area contributed by atoms with Gasteiger partial charge in [0.2, 0.25) is 10.0 Å². The number of halogens is 3. The number of nitrogens with zero attached hydrogens (tertiary/aromatic N) is 1. The third-order valence-electron chi connectivity index (χ3n) is 4.93. The molecule has 2 aromatic carbocycles. The van der Waals surface area contributed by atoms with Crippen LogP contribution in [0.2, 0.25) is 0 Å². The predicted molar refractivity (Wildman–Crippen MR) is 105 cm³/mol. The normalized spacial score (nSPS) is 16.9. The zero-order valence-electron chi connectivity index (χ0n) is 16.4. The molecule has 1 saturated heterocycles. The Balaban J connectivity index is 1.82. The molecule has 1 atom stereocenters. The number of sulfonamides is 1. The van der Waals surface area contributed by atoms with E-state index >= 15 is 0 Å². The molecule has 1 aliphatic rings. The van der Waals surface area contributed by atoms with Crippen molar-refractivity contribution in [2.75, 3.05) is 40.0 Å². The Bertz CT molecular complexity index is 943. The van der Waals surface area contributed by atoms with Crippen molar-refractivity contribution < 1.29 is 31.1 Å². The summed E-state index contributed by atoms with van der Waals surface area (Å²) in [6.45, 7) is 2.27. The Kier molecular flexibility index (Phi) is 7.02. The number of hydrogen-bond donors (Lipinski definition) is 1. The summed E-state index contributed by atoms with van der Waals surface area (Å²) >= 11 is 0. The molecule has 0 aliphatic carbocycles. The maximum absolute atomic E-state index is 13.0. The Morgan fingerprint density at radius 1 is 1.13 bits per heavy atom. The first-order valence-electron chi connectivity index (χ1n) is 9.33. The van der Waals surface area contributed by atoms with Gasteiger partial charge in [0.25, 0.3) is 0 Å². The van der Waals surface area contributed by atoms with E-state index < -0.39 is 26.7 Å². The van der Waals surface area contributed by atoms with Gasteiger partial charge in [0.15, 0.2) is 0 Å². The molecule has 1 unspecified atom stereocenters. The van der Waals surface area contributed by atoms with Gasteiger partial charge in [-0.05, 0) is 35.9 Å². The number of methoxy groups -OCH3 is 1. The van der Waals surface area contributed by atoms with Gasteiger partial charge in [-0.1, -0.05) is 18.2 Å². The summed E-state index contributed by atoms with van der Waals surface area (Å²) in [6, 6.07) is 10.7. The van der Waals surface area contributed by atoms with Crippen LogP contribution in [-0.2, 0) is 20.9 Å². The van der Waals surface area contributed by atoms with Crippen molar-refractivity contribution in [1.82, 2.24) is 9.62 Å². The summed E-state index contributed by atoms with van der Waals surface area (Å²) in [5.74, 6) is 0.670. The molecule has 0 spiro atoms. The average Bonchev–Trinajstić information content (AvgIpc) is 2.74. The predicted octanol–water partition coefficient (Wildman–Crippen LogP) is 3.07. The van der Waals surface area contributed by atoms with Crippen LogP contribution in [0.1, 0.15) is 17.2 Å². The summed E-state index contributed by atoms with van der Waals surface area (Å²) in [7, 11) is -2.58. The van der Waals surface area contributed by atoms with Crippen molar-refractivity contribution in [2.45, 2.75) is 17.1 Å². The molecule has 2 aromatic rings. The number of nitrogens with one attached hydrogen (secondary N) is 1. The van der Waals surface area contributed by atoms with Gasteiger partial charge in [0.1, 0.15) is 5.75 Å². The lowest BCUT2D eigenvalue weighted by molar-refractivity contribution is -0.137. The Labute approximate surface area is 173 Å². The quantitative estimate of drug-likeness (QED) is 0.711. The number of rotatable bonds is 7. The van der Waals surface area contributed by atoms with Crippen LogP contribution in [0.25, 0.3) is 0 Å². The number of benzene rings is 2. The van der Waals surface area contributed by atoms with Crippen LogP contribution in [0.3, 0.4) is 0 Å². The van der Waals surface area contributed by atoms with Crippen molar-refractivity contribution >= 4 is 10.0 Å². The van der Waals surface area contributed by atoms with Gasteiger partial charge in [-0.2, -0.15) is 13.2 Å². The van der Waals surface area contributed by atoms with Crippen molar-refractivity contribution in [2.24, 2.45) is 0 Å². The SMILES string of the molecule is COc1ccc(C(CNS(=O)(=O)c2cccc(C(F)(F)F)c2)N2CCOCC2)cc1. The van der Waals surface area contributed by atoms with Crippen molar-refractivity contribution in [3.8, 4) is 5.75 Å². The van der Waals surface area contributed by atoms with Gasteiger partial charge < -0.3 is 9.47 Å². The maximum Gasteiger partial charge on any atom is 0.416 e. The molecular weight excluding hydrogens is 421 g/mol. The minimum absolute atomic E-state index is 0.00487. The van der Waals surface area contributed by atoms with Crippen molar-refractivity contribution in [3.63, 3.8) is 0 Å². The van der Waals surface area contributed by atoms with Crippen molar-refractivity contribution in [3.05, 3.63) is 59.7 Å². The van der Waals surface area contributed by atoms with Gasteiger partial charge in [0, 0.05) is 25.7 Å². The first-order valence-corrected chi connectivity index (χ1v) is 10.8. The molecule has 1 aliphatic heterocycles. The Morgan fingerprint density at radius 2 is 1.80 bits per heavy atom. The highest BCUT2D eigenvalue weighted by molar-refractivity contribution is 7.89. The fraction of sp³-hybridized carbons (Fsp3) is 0.400. The zero-order chi connectivity index (χ0) is 21.8. The lowest BCUT2D eigenvalue weighted by Crippen LogP contribution is -2.43. The van der Waals surface area contributed by atoms with Gasteiger partial charge in [-0.15, -0.1) is 0 Å². The topological polar surface area (TPSA) is 67.9 Å². The van der Waals surface area contributed by atoms with Crippen LogP contribution in [0.4, 0.5) is 13.2 Å². The highest BCUT2D eigenvalue weighted by Crippen LogP contribution is 2.30. The molecule has 0 aromatic heterocycles. The second kappa shape index (κ2) is 9.34. The Hall–Kier alpha value is -2.14. The van der Waals surface area contributed by atoms with Crippen LogP contribution < -0.4 is 9.46 Å². The molecule has 0 radical (unpaired) electrons. The third-order valence-corrected chi connectivity index (χ3v) is 6.35. The fourth-order valence-corrected chi connectivity index (χ4v) is 4.37. The van der Waals surface area contributed by atoms with Crippen LogP contribution in [0.15, 0.2) is 53.4 Å². The first-order chi connectivity index (χ1) is 14.2. The minimum atomic E-state index is -4.62. The van der Waals surface area contributed by atoms with E-state index in [4.69, 9.17) is 9.47 Å². The molecule has 1 N–H and O–H groups in total. The van der Waals surface area contributed by atoms with Gasteiger partial charge >= 0.3 is 6.18 Å². The molecule has 6 nitrogen and oxygen atoms in total. The van der Waals surface area contributed by atoms with E-state index in [-0.39, 0.29) is 12.6 Å². The van der Waals surface area contributed by atoms with Crippen LogP contribution in [0, 0.1) is 0 Å². The molecule has 0 saturated carbocycles. The summed E-state index contributed by atoms with van der Waals surface area (Å²) in [4.78, 5) is 1.66. The molecule has 1 fully saturated rings. The van der Waals surface area contributed by atoms with E-state index in [2.05, 4.69) is 9.62 Å². The summed E-state index contributed by atoms with van der Waals surface area (Å²) in [6.07, 6.45) is -4.62. The second-order valence-electron chi connectivity index (χ2n) is 6.81. The number of ether oxygens (including phenoxy) is 2. The van der Waals surface area contributed by atoms with E-state index in [0.29, 0.717) is 38.1 Å². The number of alkyl halides is 3. The van der Waals surface area contributed by atoms with E-state index in [1.807, 2.05) is 12.1 Å². The summed E-state index contributed by atoms with van der Waals surface area (Å²) in [5, 5.41) is 0. The van der Waals surface area contributed by atoms with E-state index in [0.717, 1.165) is 23.8 Å². The number of hydrogen-bond acceptors (Lipinski definition) is 5. The smallest absolute Gasteiger partial charge is 0.416 e. The molecule has 1 heterocycles. The molecule has 3 rings (SSSR count). The molecule has 30 heavy (non-hydrogen) atoms. The van der Waals surface area contributed by atoms with Crippen LogP contribution in [-0.4, -0.2) is 53.3 Å². The molecule has 164 valence electrons.